The highest BCUT2D eigenvalue weighted by Gasteiger charge is 1.93. The Morgan fingerprint density at radius 3 is 2.38 bits per heavy atom. The number of nitrogens with two attached hydrogens (primary N) is 1. The number of hydrogen-bond donors (Lipinski definition) is 1. The molecule has 0 aromatic heterocycles. The van der Waals surface area contributed by atoms with Gasteiger partial charge in [-0.1, -0.05) is 44.2 Å². The van der Waals surface area contributed by atoms with Crippen LogP contribution in [-0.2, 0) is 4.84 Å². The van der Waals surface area contributed by atoms with Crippen molar-refractivity contribution in [2.75, 3.05) is 7.11 Å². The van der Waals surface area contributed by atoms with E-state index in [1.165, 1.54) is 39.2 Å². The van der Waals surface area contributed by atoms with Gasteiger partial charge < -0.3 is 10.6 Å². The first-order chi connectivity index (χ1) is 6.31. The number of rotatable bonds is 8. The standard InChI is InChI=1S/C10H22N2O/c1-3-4-5-6-7-8-9-10(11)12-13-2/h3-9H2,1-2H3,(H2,11,12). The minimum Gasteiger partial charge on any atom is -0.398 e. The second-order valence-corrected chi connectivity index (χ2v) is 3.28. The molecule has 0 aliphatic heterocycles. The molecular formula is C10H22N2O. The molecule has 0 spiro atoms. The SMILES string of the molecule is CCCCCCCCC(N)=NOC. The number of unbranched alkanes of at least 4 members (excludes halogenated alkanes) is 5. The molecule has 3 heteroatoms. The maximum atomic E-state index is 5.55. The Kier molecular flexibility index (Phi) is 8.83. The van der Waals surface area contributed by atoms with E-state index in [-0.39, 0.29) is 0 Å². The van der Waals surface area contributed by atoms with Crippen molar-refractivity contribution in [3.05, 3.63) is 0 Å². The molecule has 0 aromatic carbocycles. The van der Waals surface area contributed by atoms with Crippen molar-refractivity contribution in [3.63, 3.8) is 0 Å². The van der Waals surface area contributed by atoms with E-state index in [1.54, 1.807) is 0 Å². The number of amidine groups is 1. The van der Waals surface area contributed by atoms with Crippen molar-refractivity contribution in [2.24, 2.45) is 10.9 Å². The van der Waals surface area contributed by atoms with Crippen LogP contribution in [0.4, 0.5) is 0 Å². The molecule has 0 fully saturated rings. The maximum absolute atomic E-state index is 5.55. The van der Waals surface area contributed by atoms with Crippen LogP contribution in [0.2, 0.25) is 0 Å². The van der Waals surface area contributed by atoms with Gasteiger partial charge in [-0.3, -0.25) is 0 Å². The summed E-state index contributed by atoms with van der Waals surface area (Å²) in [5, 5.41) is 3.65. The van der Waals surface area contributed by atoms with Crippen LogP contribution in [-0.4, -0.2) is 12.9 Å². The van der Waals surface area contributed by atoms with Crippen LogP contribution in [0.25, 0.3) is 0 Å². The minimum atomic E-state index is 0.609. The molecule has 13 heavy (non-hydrogen) atoms. The zero-order valence-corrected chi connectivity index (χ0v) is 8.88. The van der Waals surface area contributed by atoms with Crippen LogP contribution in [0.1, 0.15) is 51.9 Å². The van der Waals surface area contributed by atoms with Gasteiger partial charge in [0.05, 0.1) is 0 Å². The fourth-order valence-corrected chi connectivity index (χ4v) is 1.25. The van der Waals surface area contributed by atoms with E-state index in [1.807, 2.05) is 0 Å². The van der Waals surface area contributed by atoms with Crippen LogP contribution in [0, 0.1) is 0 Å². The highest BCUT2D eigenvalue weighted by atomic mass is 16.6. The summed E-state index contributed by atoms with van der Waals surface area (Å²) in [5.41, 5.74) is 5.55. The quantitative estimate of drug-likeness (QED) is 0.274. The Morgan fingerprint density at radius 1 is 1.15 bits per heavy atom. The van der Waals surface area contributed by atoms with Crippen molar-refractivity contribution in [1.82, 2.24) is 0 Å². The van der Waals surface area contributed by atoms with E-state index in [0.717, 1.165) is 12.8 Å². The van der Waals surface area contributed by atoms with Crippen molar-refractivity contribution in [1.29, 1.82) is 0 Å². The molecule has 0 saturated carbocycles. The van der Waals surface area contributed by atoms with E-state index in [0.29, 0.717) is 5.84 Å². The van der Waals surface area contributed by atoms with Gasteiger partial charge >= 0.3 is 0 Å². The molecule has 0 amide bonds. The Morgan fingerprint density at radius 2 is 1.77 bits per heavy atom. The van der Waals surface area contributed by atoms with E-state index in [2.05, 4.69) is 16.9 Å². The van der Waals surface area contributed by atoms with Gasteiger partial charge in [-0.25, -0.2) is 0 Å². The molecule has 0 rings (SSSR count). The number of oxime groups is 1. The van der Waals surface area contributed by atoms with Gasteiger partial charge in [0.1, 0.15) is 12.9 Å². The van der Waals surface area contributed by atoms with E-state index in [9.17, 15) is 0 Å². The first-order valence-corrected chi connectivity index (χ1v) is 5.16. The first-order valence-electron chi connectivity index (χ1n) is 5.16. The molecular weight excluding hydrogens is 164 g/mol. The van der Waals surface area contributed by atoms with E-state index >= 15 is 0 Å². The van der Waals surface area contributed by atoms with Crippen LogP contribution in [0.5, 0.6) is 0 Å². The largest absolute Gasteiger partial charge is 0.398 e. The summed E-state index contributed by atoms with van der Waals surface area (Å²) in [5.74, 6) is 0.609. The van der Waals surface area contributed by atoms with Gasteiger partial charge in [0, 0.05) is 6.42 Å². The molecule has 0 atom stereocenters. The van der Waals surface area contributed by atoms with Crippen LogP contribution >= 0.6 is 0 Å². The van der Waals surface area contributed by atoms with Gasteiger partial charge in [-0.15, -0.1) is 0 Å². The van der Waals surface area contributed by atoms with Crippen LogP contribution in [0.15, 0.2) is 5.16 Å². The molecule has 0 aliphatic carbocycles. The molecule has 0 aliphatic rings. The van der Waals surface area contributed by atoms with E-state index < -0.39 is 0 Å². The lowest BCUT2D eigenvalue weighted by Gasteiger charge is -2.00. The molecule has 0 radical (unpaired) electrons. The minimum absolute atomic E-state index is 0.609. The van der Waals surface area contributed by atoms with Crippen molar-refractivity contribution in [3.8, 4) is 0 Å². The topological polar surface area (TPSA) is 47.6 Å². The first kappa shape index (κ1) is 12.3. The smallest absolute Gasteiger partial charge is 0.139 e. The van der Waals surface area contributed by atoms with Crippen molar-refractivity contribution in [2.45, 2.75) is 51.9 Å². The number of hydrogen-bond acceptors (Lipinski definition) is 2. The molecule has 3 nitrogen and oxygen atoms in total. The number of nitrogens with zero attached hydrogens (tertiary/aromatic N) is 1. The van der Waals surface area contributed by atoms with Crippen LogP contribution < -0.4 is 5.73 Å². The third-order valence-corrected chi connectivity index (χ3v) is 2.00. The van der Waals surface area contributed by atoms with Gasteiger partial charge in [0.2, 0.25) is 0 Å². The van der Waals surface area contributed by atoms with E-state index in [4.69, 9.17) is 5.73 Å². The second-order valence-electron chi connectivity index (χ2n) is 3.28. The third-order valence-electron chi connectivity index (χ3n) is 2.00. The molecule has 0 saturated heterocycles. The normalized spacial score (nSPS) is 11.7. The van der Waals surface area contributed by atoms with Crippen molar-refractivity contribution >= 4 is 5.84 Å². The monoisotopic (exact) mass is 186 g/mol. The summed E-state index contributed by atoms with van der Waals surface area (Å²) < 4.78 is 0. The molecule has 0 heterocycles. The molecule has 0 aromatic rings. The zero-order valence-electron chi connectivity index (χ0n) is 8.88. The summed E-state index contributed by atoms with van der Waals surface area (Å²) in [6.45, 7) is 2.23. The van der Waals surface area contributed by atoms with Gasteiger partial charge in [0.15, 0.2) is 0 Å². The van der Waals surface area contributed by atoms with Gasteiger partial charge in [-0.2, -0.15) is 0 Å². The second kappa shape index (κ2) is 9.36. The summed E-state index contributed by atoms with van der Waals surface area (Å²) in [7, 11) is 1.52. The average molecular weight is 186 g/mol. The summed E-state index contributed by atoms with van der Waals surface area (Å²) in [6, 6.07) is 0. The summed E-state index contributed by atoms with van der Waals surface area (Å²) in [4.78, 5) is 4.56. The zero-order chi connectivity index (χ0) is 9.94. The predicted octanol–water partition coefficient (Wildman–Crippen LogP) is 2.66. The lowest BCUT2D eigenvalue weighted by molar-refractivity contribution is 0.212. The Hall–Kier alpha value is -0.730. The molecule has 2 N–H and O–H groups in total. The van der Waals surface area contributed by atoms with Gasteiger partial charge in [0.25, 0.3) is 0 Å². The lowest BCUT2D eigenvalue weighted by Crippen LogP contribution is -2.11. The molecule has 0 unspecified atom stereocenters. The fourth-order valence-electron chi connectivity index (χ4n) is 1.25. The van der Waals surface area contributed by atoms with Crippen LogP contribution in [0.3, 0.4) is 0 Å². The highest BCUT2D eigenvalue weighted by Crippen LogP contribution is 2.06. The fraction of sp³-hybridized carbons (Fsp3) is 0.900. The van der Waals surface area contributed by atoms with Gasteiger partial charge in [-0.05, 0) is 6.42 Å². The Labute approximate surface area is 81.3 Å². The predicted molar refractivity (Wildman–Crippen MR) is 56.6 cm³/mol. The lowest BCUT2D eigenvalue weighted by atomic mass is 10.1. The Balaban J connectivity index is 3.11. The maximum Gasteiger partial charge on any atom is 0.139 e. The summed E-state index contributed by atoms with van der Waals surface area (Å²) >= 11 is 0. The van der Waals surface area contributed by atoms with Crippen molar-refractivity contribution < 1.29 is 4.84 Å². The molecule has 0 bridgehead atoms. The highest BCUT2D eigenvalue weighted by molar-refractivity contribution is 5.79. The Bertz CT molecular complexity index is 135. The summed E-state index contributed by atoms with van der Waals surface area (Å²) in [6.07, 6.45) is 8.54. The third kappa shape index (κ3) is 9.18. The molecule has 78 valence electrons. The average Bonchev–Trinajstić information content (AvgIpc) is 2.11.